The Labute approximate surface area is 149 Å². The average Bonchev–Trinajstić information content (AvgIpc) is 3.18. The minimum atomic E-state index is -0.607. The van der Waals surface area contributed by atoms with Crippen LogP contribution in [0, 0.1) is 0 Å². The third-order valence-corrected chi connectivity index (χ3v) is 5.29. The summed E-state index contributed by atoms with van der Waals surface area (Å²) in [5.41, 5.74) is 0.682. The number of nitrogens with one attached hydrogen (secondary N) is 1. The number of hydrogen-bond acceptors (Lipinski definition) is 3. The van der Waals surface area contributed by atoms with E-state index in [1.54, 1.807) is 0 Å². The van der Waals surface area contributed by atoms with E-state index in [-0.39, 0.29) is 11.9 Å². The first kappa shape index (κ1) is 17.7. The third-order valence-electron chi connectivity index (χ3n) is 5.29. The van der Waals surface area contributed by atoms with E-state index >= 15 is 0 Å². The lowest BCUT2D eigenvalue weighted by molar-refractivity contribution is -0.131. The molecule has 2 fully saturated rings. The van der Waals surface area contributed by atoms with E-state index in [2.05, 4.69) is 28.9 Å². The summed E-state index contributed by atoms with van der Waals surface area (Å²) in [5, 5.41) is 2.94. The molecule has 1 aromatic carbocycles. The zero-order valence-corrected chi connectivity index (χ0v) is 14.7. The summed E-state index contributed by atoms with van der Waals surface area (Å²) in [4.78, 5) is 28.6. The van der Waals surface area contributed by atoms with Gasteiger partial charge in [0.05, 0.1) is 0 Å². The topological polar surface area (TPSA) is 52.6 Å². The van der Waals surface area contributed by atoms with Gasteiger partial charge in [-0.3, -0.25) is 14.6 Å². The number of urea groups is 1. The molecule has 3 rings (SSSR count). The van der Waals surface area contributed by atoms with Crippen LogP contribution in [0.2, 0.25) is 0 Å². The van der Waals surface area contributed by atoms with Gasteiger partial charge in [-0.2, -0.15) is 0 Å². The van der Waals surface area contributed by atoms with Gasteiger partial charge < -0.3 is 5.32 Å². The van der Waals surface area contributed by atoms with Crippen LogP contribution in [0.15, 0.2) is 43.0 Å². The number of nitrogens with zero attached hydrogens (tertiary/aromatic N) is 2. The SMILES string of the molecule is C=CCN(CCc1ccccc1)CCN1C(=O)NC2(CCCC2)C1=O. The molecule has 0 radical (unpaired) electrons. The Balaban J connectivity index is 1.55. The fraction of sp³-hybridized carbons (Fsp3) is 0.500. The van der Waals surface area contributed by atoms with Gasteiger partial charge in [0.1, 0.15) is 5.54 Å². The monoisotopic (exact) mass is 341 g/mol. The first-order valence-corrected chi connectivity index (χ1v) is 9.16. The quantitative estimate of drug-likeness (QED) is 0.584. The van der Waals surface area contributed by atoms with Gasteiger partial charge in [-0.1, -0.05) is 49.2 Å². The molecule has 1 aliphatic carbocycles. The van der Waals surface area contributed by atoms with Crippen LogP contribution in [-0.4, -0.2) is 53.5 Å². The van der Waals surface area contributed by atoms with Gasteiger partial charge >= 0.3 is 6.03 Å². The normalized spacial score (nSPS) is 19.0. The van der Waals surface area contributed by atoms with Crippen LogP contribution in [0.5, 0.6) is 0 Å². The van der Waals surface area contributed by atoms with Crippen LogP contribution in [0.25, 0.3) is 0 Å². The van der Waals surface area contributed by atoms with Crippen molar-refractivity contribution in [2.24, 2.45) is 0 Å². The second-order valence-electron chi connectivity index (χ2n) is 7.00. The van der Waals surface area contributed by atoms with E-state index in [1.807, 2.05) is 24.3 Å². The molecule has 1 spiro atoms. The molecule has 5 heteroatoms. The molecular weight excluding hydrogens is 314 g/mol. The smallest absolute Gasteiger partial charge is 0.323 e. The van der Waals surface area contributed by atoms with Gasteiger partial charge in [0.15, 0.2) is 0 Å². The second kappa shape index (κ2) is 7.83. The molecule has 1 N–H and O–H groups in total. The van der Waals surface area contributed by atoms with Gasteiger partial charge in [0.2, 0.25) is 0 Å². The molecule has 1 aliphatic heterocycles. The van der Waals surface area contributed by atoms with E-state index in [0.717, 1.165) is 45.2 Å². The molecule has 134 valence electrons. The van der Waals surface area contributed by atoms with Crippen LogP contribution < -0.4 is 5.32 Å². The largest absolute Gasteiger partial charge is 0.325 e. The number of amides is 3. The minimum Gasteiger partial charge on any atom is -0.323 e. The highest BCUT2D eigenvalue weighted by Gasteiger charge is 2.52. The number of carbonyl (C=O) groups is 2. The second-order valence-corrected chi connectivity index (χ2v) is 7.00. The molecule has 0 aromatic heterocycles. The zero-order chi connectivity index (χ0) is 17.7. The first-order valence-electron chi connectivity index (χ1n) is 9.16. The van der Waals surface area contributed by atoms with E-state index in [9.17, 15) is 9.59 Å². The Kier molecular flexibility index (Phi) is 5.53. The van der Waals surface area contributed by atoms with Crippen LogP contribution in [0.3, 0.4) is 0 Å². The molecule has 5 nitrogen and oxygen atoms in total. The highest BCUT2D eigenvalue weighted by Crippen LogP contribution is 2.34. The number of rotatable bonds is 8. The van der Waals surface area contributed by atoms with Crippen LogP contribution in [0.1, 0.15) is 31.2 Å². The van der Waals surface area contributed by atoms with E-state index in [1.165, 1.54) is 10.5 Å². The number of hydrogen-bond donors (Lipinski definition) is 1. The maximum absolute atomic E-state index is 12.7. The Hall–Kier alpha value is -2.14. The zero-order valence-electron chi connectivity index (χ0n) is 14.7. The van der Waals surface area contributed by atoms with Crippen molar-refractivity contribution in [3.8, 4) is 0 Å². The molecule has 0 bridgehead atoms. The van der Waals surface area contributed by atoms with Gasteiger partial charge in [0.25, 0.3) is 5.91 Å². The molecule has 2 aliphatic rings. The number of carbonyl (C=O) groups excluding carboxylic acids is 2. The highest BCUT2D eigenvalue weighted by molar-refractivity contribution is 6.07. The molecule has 1 heterocycles. The van der Waals surface area contributed by atoms with Gasteiger partial charge in [-0.25, -0.2) is 4.79 Å². The summed E-state index contributed by atoms with van der Waals surface area (Å²) in [5.74, 6) is -0.0309. The van der Waals surface area contributed by atoms with Crippen molar-refractivity contribution >= 4 is 11.9 Å². The first-order chi connectivity index (χ1) is 12.1. The van der Waals surface area contributed by atoms with E-state index < -0.39 is 5.54 Å². The molecular formula is C20H27N3O2. The van der Waals surface area contributed by atoms with Crippen molar-refractivity contribution in [1.29, 1.82) is 0 Å². The lowest BCUT2D eigenvalue weighted by Gasteiger charge is -2.24. The minimum absolute atomic E-state index is 0.0309. The van der Waals surface area contributed by atoms with Crippen molar-refractivity contribution in [3.63, 3.8) is 0 Å². The molecule has 0 unspecified atom stereocenters. The summed E-state index contributed by atoms with van der Waals surface area (Å²) in [7, 11) is 0. The van der Waals surface area contributed by atoms with Crippen molar-refractivity contribution in [2.75, 3.05) is 26.2 Å². The molecule has 1 saturated heterocycles. The van der Waals surface area contributed by atoms with Crippen LogP contribution in [0.4, 0.5) is 4.79 Å². The lowest BCUT2D eigenvalue weighted by Crippen LogP contribution is -2.44. The average molecular weight is 341 g/mol. The predicted molar refractivity (Wildman–Crippen MR) is 98.2 cm³/mol. The van der Waals surface area contributed by atoms with E-state index in [0.29, 0.717) is 13.1 Å². The number of imide groups is 1. The van der Waals surface area contributed by atoms with Crippen LogP contribution in [-0.2, 0) is 11.2 Å². The summed E-state index contributed by atoms with van der Waals surface area (Å²) < 4.78 is 0. The van der Waals surface area contributed by atoms with Gasteiger partial charge in [0, 0.05) is 26.2 Å². The number of benzene rings is 1. The summed E-state index contributed by atoms with van der Waals surface area (Å²) in [6.45, 7) is 6.57. The molecule has 1 aromatic rings. The summed E-state index contributed by atoms with van der Waals surface area (Å²) in [6.07, 6.45) is 6.39. The Morgan fingerprint density at radius 2 is 1.88 bits per heavy atom. The summed E-state index contributed by atoms with van der Waals surface area (Å²) in [6, 6.07) is 10.1. The Morgan fingerprint density at radius 1 is 1.16 bits per heavy atom. The molecule has 1 saturated carbocycles. The standard InChI is InChI=1S/C20H27N3O2/c1-2-13-22(14-10-17-8-4-3-5-9-17)15-16-23-18(24)20(21-19(23)25)11-6-7-12-20/h2-5,8-9H,1,6-7,10-16H2,(H,21,25). The molecule has 3 amide bonds. The Bertz CT molecular complexity index is 623. The van der Waals surface area contributed by atoms with E-state index in [4.69, 9.17) is 0 Å². The summed E-state index contributed by atoms with van der Waals surface area (Å²) >= 11 is 0. The van der Waals surface area contributed by atoms with Crippen molar-refractivity contribution in [2.45, 2.75) is 37.6 Å². The fourth-order valence-corrected chi connectivity index (χ4v) is 3.85. The molecule has 0 atom stereocenters. The lowest BCUT2D eigenvalue weighted by atomic mass is 9.98. The fourth-order valence-electron chi connectivity index (χ4n) is 3.85. The van der Waals surface area contributed by atoms with Gasteiger partial charge in [-0.15, -0.1) is 6.58 Å². The maximum Gasteiger partial charge on any atom is 0.325 e. The van der Waals surface area contributed by atoms with Crippen molar-refractivity contribution in [3.05, 3.63) is 48.6 Å². The van der Waals surface area contributed by atoms with Crippen LogP contribution >= 0.6 is 0 Å². The van der Waals surface area contributed by atoms with Crippen molar-refractivity contribution in [1.82, 2.24) is 15.1 Å². The maximum atomic E-state index is 12.7. The molecule has 25 heavy (non-hydrogen) atoms. The van der Waals surface area contributed by atoms with Crippen molar-refractivity contribution < 1.29 is 9.59 Å². The predicted octanol–water partition coefficient (Wildman–Crippen LogP) is 2.58. The Morgan fingerprint density at radius 3 is 2.56 bits per heavy atom. The highest BCUT2D eigenvalue weighted by atomic mass is 16.2. The third kappa shape index (κ3) is 3.93. The van der Waals surface area contributed by atoms with Gasteiger partial charge in [-0.05, 0) is 24.8 Å².